The number of carbonyl (C=O) groups is 2. The Hall–Kier alpha value is -2.04. The summed E-state index contributed by atoms with van der Waals surface area (Å²) in [5.74, 6) is -0.751. The third-order valence-corrected chi connectivity index (χ3v) is 4.17. The average Bonchev–Trinajstić information content (AvgIpc) is 2.57. The lowest BCUT2D eigenvalue weighted by molar-refractivity contribution is -0.126. The molecule has 0 spiro atoms. The molecular weight excluding hydrogens is 347 g/mol. The summed E-state index contributed by atoms with van der Waals surface area (Å²) < 4.78 is 0. The lowest BCUT2D eigenvalue weighted by atomic mass is 10.1. The number of aryl methyl sites for hydroxylation is 1. The normalized spacial score (nSPS) is 10.2. The van der Waals surface area contributed by atoms with Gasteiger partial charge in [0, 0.05) is 6.54 Å². The van der Waals surface area contributed by atoms with Crippen LogP contribution < -0.4 is 10.6 Å². The zero-order valence-electron chi connectivity index (χ0n) is 13.0. The lowest BCUT2D eigenvalue weighted by Gasteiger charge is -2.08. The largest absolute Gasteiger partial charge is 0.356 e. The molecule has 0 saturated heterocycles. The van der Waals surface area contributed by atoms with Gasteiger partial charge in [0.15, 0.2) is 0 Å². The second-order valence-electron chi connectivity index (χ2n) is 5.27. The summed E-state index contributed by atoms with van der Waals surface area (Å²) in [6, 6.07) is 15.0. The maximum absolute atomic E-state index is 11.9. The van der Waals surface area contributed by atoms with Gasteiger partial charge in [0.1, 0.15) is 6.42 Å². The monoisotopic (exact) mass is 364 g/mol. The Bertz CT molecular complexity index is 705. The molecule has 2 rings (SSSR count). The van der Waals surface area contributed by atoms with Crippen LogP contribution in [0.15, 0.2) is 48.5 Å². The van der Waals surface area contributed by atoms with Gasteiger partial charge in [-0.2, -0.15) is 0 Å². The van der Waals surface area contributed by atoms with Gasteiger partial charge in [-0.25, -0.2) is 0 Å². The molecule has 0 aromatic heterocycles. The van der Waals surface area contributed by atoms with E-state index in [1.807, 2.05) is 30.3 Å². The van der Waals surface area contributed by atoms with Crippen LogP contribution in [-0.2, 0) is 16.0 Å². The highest BCUT2D eigenvalue weighted by atomic mass is 35.5. The first-order valence-corrected chi connectivity index (χ1v) is 8.36. The van der Waals surface area contributed by atoms with E-state index in [1.54, 1.807) is 18.2 Å². The molecule has 0 fully saturated rings. The van der Waals surface area contributed by atoms with Crippen LogP contribution in [0.1, 0.15) is 18.4 Å². The third kappa shape index (κ3) is 5.87. The molecule has 126 valence electrons. The van der Waals surface area contributed by atoms with Gasteiger partial charge in [-0.3, -0.25) is 9.59 Å². The molecule has 0 aliphatic carbocycles. The summed E-state index contributed by atoms with van der Waals surface area (Å²) >= 11 is 11.9. The molecule has 0 aliphatic rings. The van der Waals surface area contributed by atoms with Crippen LogP contribution in [-0.4, -0.2) is 18.4 Å². The number of hydrogen-bond donors (Lipinski definition) is 2. The first kappa shape index (κ1) is 18.3. The van der Waals surface area contributed by atoms with Gasteiger partial charge in [0.05, 0.1) is 15.7 Å². The quantitative estimate of drug-likeness (QED) is 0.574. The highest BCUT2D eigenvalue weighted by Gasteiger charge is 2.12. The lowest BCUT2D eigenvalue weighted by Crippen LogP contribution is -2.29. The molecule has 0 atom stereocenters. The average molecular weight is 365 g/mol. The minimum atomic E-state index is -0.431. The molecule has 2 aromatic rings. The number of amides is 2. The molecule has 0 saturated carbocycles. The molecule has 0 heterocycles. The van der Waals surface area contributed by atoms with E-state index in [2.05, 4.69) is 10.6 Å². The van der Waals surface area contributed by atoms with E-state index in [1.165, 1.54) is 5.56 Å². The van der Waals surface area contributed by atoms with Crippen LogP contribution in [0.5, 0.6) is 0 Å². The number of carbonyl (C=O) groups excluding carboxylic acids is 2. The first-order chi connectivity index (χ1) is 11.6. The third-order valence-electron chi connectivity index (χ3n) is 3.35. The van der Waals surface area contributed by atoms with Gasteiger partial charge < -0.3 is 10.6 Å². The van der Waals surface area contributed by atoms with Crippen molar-refractivity contribution in [3.63, 3.8) is 0 Å². The molecular formula is C18H18Cl2N2O2. The highest BCUT2D eigenvalue weighted by molar-refractivity contribution is 6.44. The molecule has 0 aliphatic heterocycles. The van der Waals surface area contributed by atoms with E-state index in [0.29, 0.717) is 17.3 Å². The Balaban J connectivity index is 1.70. The highest BCUT2D eigenvalue weighted by Crippen LogP contribution is 2.29. The summed E-state index contributed by atoms with van der Waals surface area (Å²) in [7, 11) is 0. The van der Waals surface area contributed by atoms with Crippen molar-refractivity contribution < 1.29 is 9.59 Å². The maximum atomic E-state index is 11.9. The van der Waals surface area contributed by atoms with Crippen LogP contribution in [0.25, 0.3) is 0 Å². The predicted octanol–water partition coefficient (Wildman–Crippen LogP) is 4.07. The van der Waals surface area contributed by atoms with Gasteiger partial charge >= 0.3 is 0 Å². The molecule has 2 N–H and O–H groups in total. The number of rotatable bonds is 7. The number of halogens is 2. The van der Waals surface area contributed by atoms with Crippen LogP contribution in [0.4, 0.5) is 5.69 Å². The summed E-state index contributed by atoms with van der Waals surface area (Å²) in [6.07, 6.45) is 1.44. The number of anilines is 1. The van der Waals surface area contributed by atoms with Crippen LogP contribution in [0, 0.1) is 0 Å². The number of hydrogen-bond acceptors (Lipinski definition) is 2. The Morgan fingerprint density at radius 2 is 1.67 bits per heavy atom. The van der Waals surface area contributed by atoms with Gasteiger partial charge in [0.2, 0.25) is 11.8 Å². The van der Waals surface area contributed by atoms with Crippen LogP contribution in [0.3, 0.4) is 0 Å². The van der Waals surface area contributed by atoms with Crippen molar-refractivity contribution in [3.8, 4) is 0 Å². The van der Waals surface area contributed by atoms with E-state index in [-0.39, 0.29) is 17.4 Å². The Morgan fingerprint density at radius 3 is 2.42 bits per heavy atom. The predicted molar refractivity (Wildman–Crippen MR) is 97.5 cm³/mol. The second kappa shape index (κ2) is 9.30. The van der Waals surface area contributed by atoms with Crippen molar-refractivity contribution in [1.29, 1.82) is 0 Å². The van der Waals surface area contributed by atoms with Crippen molar-refractivity contribution in [3.05, 3.63) is 64.1 Å². The molecule has 0 bridgehead atoms. The molecule has 0 radical (unpaired) electrons. The Labute approximate surface area is 151 Å². The molecule has 2 aromatic carbocycles. The fraction of sp³-hybridized carbons (Fsp3) is 0.222. The van der Waals surface area contributed by atoms with E-state index in [0.717, 1.165) is 12.8 Å². The van der Waals surface area contributed by atoms with Crippen molar-refractivity contribution in [2.75, 3.05) is 11.9 Å². The maximum Gasteiger partial charge on any atom is 0.233 e. The number of benzene rings is 2. The summed E-state index contributed by atoms with van der Waals surface area (Å²) in [5, 5.41) is 5.93. The van der Waals surface area contributed by atoms with Gasteiger partial charge in [-0.15, -0.1) is 0 Å². The van der Waals surface area contributed by atoms with E-state index < -0.39 is 5.91 Å². The zero-order chi connectivity index (χ0) is 17.4. The van der Waals surface area contributed by atoms with Crippen LogP contribution >= 0.6 is 23.2 Å². The van der Waals surface area contributed by atoms with Gasteiger partial charge in [-0.1, -0.05) is 59.6 Å². The topological polar surface area (TPSA) is 58.2 Å². The molecule has 0 unspecified atom stereocenters. The SMILES string of the molecule is O=C(CC(=O)Nc1cccc(Cl)c1Cl)NCCCc1ccccc1. The number of nitrogens with one attached hydrogen (secondary N) is 2. The summed E-state index contributed by atoms with van der Waals surface area (Å²) in [4.78, 5) is 23.6. The fourth-order valence-corrected chi connectivity index (χ4v) is 2.52. The van der Waals surface area contributed by atoms with Crippen molar-refractivity contribution in [2.45, 2.75) is 19.3 Å². The minimum Gasteiger partial charge on any atom is -0.356 e. The smallest absolute Gasteiger partial charge is 0.233 e. The minimum absolute atomic E-state index is 0.256. The van der Waals surface area contributed by atoms with E-state index in [4.69, 9.17) is 23.2 Å². The summed E-state index contributed by atoms with van der Waals surface area (Å²) in [5.41, 5.74) is 1.62. The van der Waals surface area contributed by atoms with Gasteiger partial charge in [0.25, 0.3) is 0 Å². The van der Waals surface area contributed by atoms with Crippen molar-refractivity contribution in [2.24, 2.45) is 0 Å². The second-order valence-corrected chi connectivity index (χ2v) is 6.05. The fourth-order valence-electron chi connectivity index (χ4n) is 2.17. The summed E-state index contributed by atoms with van der Waals surface area (Å²) in [6.45, 7) is 0.527. The molecule has 24 heavy (non-hydrogen) atoms. The van der Waals surface area contributed by atoms with Gasteiger partial charge in [-0.05, 0) is 30.5 Å². The zero-order valence-corrected chi connectivity index (χ0v) is 14.5. The van der Waals surface area contributed by atoms with E-state index >= 15 is 0 Å². The van der Waals surface area contributed by atoms with E-state index in [9.17, 15) is 9.59 Å². The molecule has 6 heteroatoms. The molecule has 4 nitrogen and oxygen atoms in total. The Morgan fingerprint density at radius 1 is 0.917 bits per heavy atom. The van der Waals surface area contributed by atoms with Crippen molar-refractivity contribution in [1.82, 2.24) is 5.32 Å². The van der Waals surface area contributed by atoms with Crippen LogP contribution in [0.2, 0.25) is 10.0 Å². The Kier molecular flexibility index (Phi) is 7.09. The standard InChI is InChI=1S/C18H18Cl2N2O2/c19-14-9-4-10-15(18(14)20)22-17(24)12-16(23)21-11-5-8-13-6-2-1-3-7-13/h1-4,6-7,9-10H,5,8,11-12H2,(H,21,23)(H,22,24). The first-order valence-electron chi connectivity index (χ1n) is 7.61. The van der Waals surface area contributed by atoms with Crippen molar-refractivity contribution >= 4 is 40.7 Å². The molecule has 2 amide bonds.